The SMILES string of the molecule is CC(C)S(=O)(=O)c1csc(CO)c1NC(=O)OC(C)(C)C. The van der Waals surface area contributed by atoms with Gasteiger partial charge in [0, 0.05) is 5.38 Å². The molecule has 8 heteroatoms. The van der Waals surface area contributed by atoms with Crippen molar-refractivity contribution < 1.29 is 23.1 Å². The molecule has 1 aromatic rings. The van der Waals surface area contributed by atoms with Crippen molar-refractivity contribution in [1.82, 2.24) is 0 Å². The van der Waals surface area contributed by atoms with Crippen LogP contribution in [-0.2, 0) is 21.2 Å². The van der Waals surface area contributed by atoms with Gasteiger partial charge in [0.2, 0.25) is 0 Å². The second-order valence-electron chi connectivity index (χ2n) is 5.78. The van der Waals surface area contributed by atoms with Crippen LogP contribution in [0.1, 0.15) is 39.5 Å². The molecule has 0 radical (unpaired) electrons. The zero-order valence-corrected chi connectivity index (χ0v) is 14.4. The van der Waals surface area contributed by atoms with Crippen molar-refractivity contribution in [3.63, 3.8) is 0 Å². The molecule has 1 rings (SSSR count). The van der Waals surface area contributed by atoms with E-state index in [1.54, 1.807) is 34.6 Å². The Kier molecular flexibility index (Phi) is 5.40. The van der Waals surface area contributed by atoms with Crippen LogP contribution in [0.4, 0.5) is 10.5 Å². The van der Waals surface area contributed by atoms with Gasteiger partial charge in [-0.1, -0.05) is 0 Å². The highest BCUT2D eigenvalue weighted by Gasteiger charge is 2.28. The van der Waals surface area contributed by atoms with Crippen molar-refractivity contribution in [1.29, 1.82) is 0 Å². The average molecular weight is 335 g/mol. The molecule has 1 aromatic heterocycles. The Morgan fingerprint density at radius 3 is 2.43 bits per heavy atom. The van der Waals surface area contributed by atoms with Crippen LogP contribution in [0.5, 0.6) is 0 Å². The highest BCUT2D eigenvalue weighted by Crippen LogP contribution is 2.34. The van der Waals surface area contributed by atoms with Gasteiger partial charge in [-0.15, -0.1) is 11.3 Å². The molecule has 0 aromatic carbocycles. The Balaban J connectivity index is 3.17. The first-order valence-corrected chi connectivity index (χ1v) is 8.86. The van der Waals surface area contributed by atoms with Crippen LogP contribution in [0.3, 0.4) is 0 Å². The Morgan fingerprint density at radius 1 is 1.43 bits per heavy atom. The topological polar surface area (TPSA) is 92.7 Å². The molecular formula is C13H21NO5S2. The lowest BCUT2D eigenvalue weighted by atomic mass is 10.2. The Morgan fingerprint density at radius 2 is 2.00 bits per heavy atom. The van der Waals surface area contributed by atoms with E-state index in [-0.39, 0.29) is 17.2 Å². The van der Waals surface area contributed by atoms with Crippen LogP contribution in [0.15, 0.2) is 10.3 Å². The van der Waals surface area contributed by atoms with Crippen molar-refractivity contribution in [3.8, 4) is 0 Å². The van der Waals surface area contributed by atoms with Gasteiger partial charge >= 0.3 is 6.09 Å². The zero-order chi connectivity index (χ0) is 16.4. The number of carbonyl (C=O) groups is 1. The summed E-state index contributed by atoms with van der Waals surface area (Å²) in [6, 6.07) is 0. The van der Waals surface area contributed by atoms with Gasteiger partial charge in [-0.3, -0.25) is 5.32 Å². The summed E-state index contributed by atoms with van der Waals surface area (Å²) in [4.78, 5) is 12.2. The number of thiophene rings is 1. The quantitative estimate of drug-likeness (QED) is 0.882. The van der Waals surface area contributed by atoms with Crippen LogP contribution in [0.2, 0.25) is 0 Å². The molecule has 0 saturated carbocycles. The van der Waals surface area contributed by atoms with E-state index in [1.807, 2.05) is 0 Å². The maximum absolute atomic E-state index is 12.3. The summed E-state index contributed by atoms with van der Waals surface area (Å²) < 4.78 is 29.7. The Labute approximate surface area is 129 Å². The summed E-state index contributed by atoms with van der Waals surface area (Å²) in [5, 5.41) is 12.5. The Hall–Kier alpha value is -1.12. The molecule has 120 valence electrons. The van der Waals surface area contributed by atoms with E-state index in [0.717, 1.165) is 11.3 Å². The molecule has 0 bridgehead atoms. The van der Waals surface area contributed by atoms with E-state index in [2.05, 4.69) is 5.32 Å². The number of rotatable bonds is 4. The normalized spacial score (nSPS) is 12.5. The van der Waals surface area contributed by atoms with Crippen molar-refractivity contribution in [3.05, 3.63) is 10.3 Å². The summed E-state index contributed by atoms with van der Waals surface area (Å²) in [5.41, 5.74) is -0.596. The second-order valence-corrected chi connectivity index (χ2v) is 9.21. The number of nitrogens with one attached hydrogen (secondary N) is 1. The molecule has 1 heterocycles. The minimum atomic E-state index is -3.56. The molecule has 0 atom stereocenters. The van der Waals surface area contributed by atoms with Crippen molar-refractivity contribution in [2.75, 3.05) is 5.32 Å². The van der Waals surface area contributed by atoms with Crippen molar-refractivity contribution in [2.24, 2.45) is 0 Å². The van der Waals surface area contributed by atoms with E-state index >= 15 is 0 Å². The third-order valence-corrected chi connectivity index (χ3v) is 5.83. The monoisotopic (exact) mass is 335 g/mol. The second kappa shape index (κ2) is 6.33. The summed E-state index contributed by atoms with van der Waals surface area (Å²) in [6.45, 7) is 7.88. The predicted molar refractivity (Wildman–Crippen MR) is 82.4 cm³/mol. The van der Waals surface area contributed by atoms with E-state index in [1.165, 1.54) is 5.38 Å². The number of anilines is 1. The number of hydrogen-bond donors (Lipinski definition) is 2. The molecule has 0 spiro atoms. The number of amides is 1. The van der Waals surface area contributed by atoms with Gasteiger partial charge in [0.25, 0.3) is 0 Å². The number of aliphatic hydroxyl groups excluding tert-OH is 1. The third-order valence-electron chi connectivity index (χ3n) is 2.53. The van der Waals surface area contributed by atoms with Gasteiger partial charge < -0.3 is 9.84 Å². The van der Waals surface area contributed by atoms with Crippen LogP contribution in [0, 0.1) is 0 Å². The lowest BCUT2D eigenvalue weighted by Crippen LogP contribution is -2.28. The smallest absolute Gasteiger partial charge is 0.412 e. The van der Waals surface area contributed by atoms with Gasteiger partial charge in [0.15, 0.2) is 9.84 Å². The molecule has 0 aliphatic rings. The summed E-state index contributed by atoms with van der Waals surface area (Å²) in [5.74, 6) is 0. The van der Waals surface area contributed by atoms with Gasteiger partial charge in [-0.05, 0) is 34.6 Å². The molecule has 0 saturated heterocycles. The fourth-order valence-corrected chi connectivity index (χ4v) is 3.93. The summed E-state index contributed by atoms with van der Waals surface area (Å²) in [6.07, 6.45) is -0.754. The molecule has 6 nitrogen and oxygen atoms in total. The fraction of sp³-hybridized carbons (Fsp3) is 0.615. The van der Waals surface area contributed by atoms with E-state index in [0.29, 0.717) is 4.88 Å². The number of ether oxygens (including phenoxy) is 1. The molecule has 21 heavy (non-hydrogen) atoms. The van der Waals surface area contributed by atoms with Crippen LogP contribution in [0.25, 0.3) is 0 Å². The third kappa shape index (κ3) is 4.42. The molecule has 0 aliphatic carbocycles. The highest BCUT2D eigenvalue weighted by molar-refractivity contribution is 7.92. The Bertz CT molecular complexity index is 611. The maximum Gasteiger partial charge on any atom is 0.412 e. The standard InChI is InChI=1S/C13H21NO5S2/c1-8(2)21(17,18)10-7-20-9(6-15)11(10)14-12(16)19-13(3,4)5/h7-8,15H,6H2,1-5H3,(H,14,16). The number of hydrogen-bond acceptors (Lipinski definition) is 6. The van der Waals surface area contributed by atoms with Gasteiger partial charge in [-0.25, -0.2) is 13.2 Å². The summed E-state index contributed by atoms with van der Waals surface area (Å²) >= 11 is 1.08. The maximum atomic E-state index is 12.3. The molecule has 0 aliphatic heterocycles. The molecular weight excluding hydrogens is 314 g/mol. The van der Waals surface area contributed by atoms with Crippen LogP contribution < -0.4 is 5.32 Å². The first kappa shape index (κ1) is 17.9. The van der Waals surface area contributed by atoms with Crippen LogP contribution >= 0.6 is 11.3 Å². The molecule has 1 amide bonds. The van der Waals surface area contributed by atoms with E-state index in [9.17, 15) is 18.3 Å². The molecule has 0 unspecified atom stereocenters. The summed E-state index contributed by atoms with van der Waals surface area (Å²) in [7, 11) is -3.56. The van der Waals surface area contributed by atoms with E-state index in [4.69, 9.17) is 4.74 Å². The average Bonchev–Trinajstić information content (AvgIpc) is 2.69. The highest BCUT2D eigenvalue weighted by atomic mass is 32.2. The predicted octanol–water partition coefficient (Wildman–Crippen LogP) is 2.77. The molecule has 2 N–H and O–H groups in total. The van der Waals surface area contributed by atoms with Gasteiger partial charge in [0.1, 0.15) is 10.5 Å². The van der Waals surface area contributed by atoms with Crippen molar-refractivity contribution >= 4 is 33.0 Å². The fourth-order valence-electron chi connectivity index (χ4n) is 1.50. The zero-order valence-electron chi connectivity index (χ0n) is 12.8. The van der Waals surface area contributed by atoms with Crippen LogP contribution in [-0.4, -0.2) is 30.5 Å². The molecule has 0 fully saturated rings. The number of sulfone groups is 1. The van der Waals surface area contributed by atoms with Crippen molar-refractivity contribution in [2.45, 2.75) is 57.0 Å². The lowest BCUT2D eigenvalue weighted by molar-refractivity contribution is 0.0635. The number of carbonyl (C=O) groups excluding carboxylic acids is 1. The largest absolute Gasteiger partial charge is 0.444 e. The van der Waals surface area contributed by atoms with Gasteiger partial charge in [-0.2, -0.15) is 0 Å². The first-order chi connectivity index (χ1) is 9.49. The lowest BCUT2D eigenvalue weighted by Gasteiger charge is -2.20. The van der Waals surface area contributed by atoms with Gasteiger partial charge in [0.05, 0.1) is 22.4 Å². The minimum absolute atomic E-state index is 0.0115. The van der Waals surface area contributed by atoms with E-state index < -0.39 is 26.8 Å². The number of aliphatic hydroxyl groups is 1. The first-order valence-electron chi connectivity index (χ1n) is 6.44. The minimum Gasteiger partial charge on any atom is -0.444 e.